The molecule has 13 heteroatoms. The third-order valence-electron chi connectivity index (χ3n) is 15.0. The van der Waals surface area contributed by atoms with Gasteiger partial charge in [-0.1, -0.05) is 33.8 Å². The second-order valence-electron chi connectivity index (χ2n) is 18.4. The summed E-state index contributed by atoms with van der Waals surface area (Å²) in [7, 11) is 0. The van der Waals surface area contributed by atoms with E-state index in [1.165, 1.54) is 6.07 Å². The largest absolute Gasteiger partial charge is 0.504 e. The van der Waals surface area contributed by atoms with Crippen molar-refractivity contribution < 1.29 is 58.2 Å². The Bertz CT molecular complexity index is 1450. The van der Waals surface area contributed by atoms with E-state index < -0.39 is 47.9 Å². The summed E-state index contributed by atoms with van der Waals surface area (Å²) in [4.78, 5) is 24.7. The number of nitrogens with one attached hydrogen (secondary N) is 1. The molecule has 3 N–H and O–H groups in total. The lowest BCUT2D eigenvalue weighted by molar-refractivity contribution is -0.577. The fourth-order valence-corrected chi connectivity index (χ4v) is 11.9. The molecule has 0 aromatic heterocycles. The molecule has 10 fully saturated rings. The number of phenols is 2. The van der Waals surface area contributed by atoms with Crippen molar-refractivity contribution in [3.63, 3.8) is 0 Å². The average Bonchev–Trinajstić information content (AvgIpc) is 3.52. The van der Waals surface area contributed by atoms with Crippen LogP contribution in [0.15, 0.2) is 18.2 Å². The van der Waals surface area contributed by atoms with Crippen molar-refractivity contribution in [3.8, 4) is 11.5 Å². The molecule has 11 rings (SSSR count). The molecule has 10 aliphatic rings. The van der Waals surface area contributed by atoms with Crippen LogP contribution < -0.4 is 5.32 Å². The summed E-state index contributed by atoms with van der Waals surface area (Å²) in [5.41, 5.74) is -0.412. The Morgan fingerprint density at radius 2 is 1.20 bits per heavy atom. The van der Waals surface area contributed by atoms with E-state index >= 15 is 0 Å². The van der Waals surface area contributed by atoms with Crippen molar-refractivity contribution in [2.24, 2.45) is 47.3 Å². The smallest absolute Gasteiger partial charge is 0.201 e. The number of ether oxygens (including phenoxy) is 6. The number of phenolic OH excluding ortho intramolecular Hbond substituents is 2. The first kappa shape index (κ1) is 37.9. The second kappa shape index (κ2) is 14.0. The van der Waals surface area contributed by atoms with Crippen LogP contribution in [0.1, 0.15) is 98.5 Å². The Morgan fingerprint density at radius 3 is 1.70 bits per heavy atom. The highest BCUT2D eigenvalue weighted by molar-refractivity contribution is 5.40. The van der Waals surface area contributed by atoms with Gasteiger partial charge in [-0.3, -0.25) is 0 Å². The molecule has 1 aromatic rings. The minimum atomic E-state index is -0.857. The van der Waals surface area contributed by atoms with E-state index in [2.05, 4.69) is 33.0 Å². The zero-order valence-corrected chi connectivity index (χ0v) is 32.7. The van der Waals surface area contributed by atoms with Gasteiger partial charge in [0.2, 0.25) is 11.6 Å². The van der Waals surface area contributed by atoms with E-state index in [9.17, 15) is 10.2 Å². The third-order valence-corrected chi connectivity index (χ3v) is 15.0. The number of benzene rings is 1. The average molecular weight is 760 g/mol. The molecular formula is C41H61NO12. The number of rotatable bonds is 10. The van der Waals surface area contributed by atoms with Crippen LogP contribution in [-0.2, 0) is 54.4 Å². The Kier molecular flexibility index (Phi) is 9.86. The molecule has 2 unspecified atom stereocenters. The van der Waals surface area contributed by atoms with Gasteiger partial charge in [0.15, 0.2) is 47.9 Å². The number of hydrogen-bond donors (Lipinski definition) is 3. The van der Waals surface area contributed by atoms with E-state index in [0.29, 0.717) is 38.0 Å². The molecule has 13 nitrogen and oxygen atoms in total. The fourth-order valence-electron chi connectivity index (χ4n) is 11.9. The molecule has 17 atom stereocenters. The Balaban J connectivity index is 0.911. The van der Waals surface area contributed by atoms with Crippen LogP contribution >= 0.6 is 0 Å². The number of fused-ring (bicyclic) bond motifs is 4. The SMILES string of the molecule is C[C@H]1[C@@H](OCC(CO[C@H]2O[C@@H]3O[C@@]4(C)CC[C@H]5[C@H](C)CC[C@@H]([C@H]2C)[C@@]35OO4)NCCc2ccc(O)c(O)c2)OC2O[C@@]3(C)CC[C@H]4[C@H](C)CC[C@@H]1[C@@]24OO3. The molecule has 2 saturated carbocycles. The van der Waals surface area contributed by atoms with E-state index in [4.69, 9.17) is 48.0 Å². The van der Waals surface area contributed by atoms with E-state index in [1.54, 1.807) is 6.07 Å². The molecule has 2 aliphatic carbocycles. The van der Waals surface area contributed by atoms with Crippen LogP contribution in [-0.4, -0.2) is 83.9 Å². The van der Waals surface area contributed by atoms with Gasteiger partial charge < -0.3 is 44.0 Å². The van der Waals surface area contributed by atoms with Crippen LogP contribution in [0.4, 0.5) is 0 Å². The van der Waals surface area contributed by atoms with Gasteiger partial charge >= 0.3 is 0 Å². The lowest BCUT2D eigenvalue weighted by atomic mass is 9.58. The molecule has 0 radical (unpaired) electrons. The number of hydrogen-bond acceptors (Lipinski definition) is 13. The highest BCUT2D eigenvalue weighted by atomic mass is 17.3. The maximum atomic E-state index is 10.1. The highest BCUT2D eigenvalue weighted by Crippen LogP contribution is 2.62. The zero-order chi connectivity index (χ0) is 37.6. The maximum Gasteiger partial charge on any atom is 0.201 e. The second-order valence-corrected chi connectivity index (χ2v) is 18.4. The first-order chi connectivity index (χ1) is 25.8. The molecular weight excluding hydrogens is 698 g/mol. The first-order valence-electron chi connectivity index (χ1n) is 20.7. The molecule has 8 heterocycles. The standard InChI is InChI=1S/C41H61NO12/c1-22-7-10-30-24(3)34(47-36-40(30)28(22)13-16-38(5,49-36)51-53-40)45-20-27(42-18-15-26-9-12-32(43)33(44)19-26)21-46-35-25(4)31-11-8-23(2)29-14-17-39(6)50-37(48-35)41(29,31)54-52-39/h9,12,19,22-25,27-31,34-37,42-44H,7-8,10-11,13-18,20-21H2,1-6H3/t22-,23-,24-,25-,27?,28+,29+,30+,31+,34+,35+,36-,37?,38-,39-,40-,41-/m1/s1. The Hall–Kier alpha value is -1.62. The summed E-state index contributed by atoms with van der Waals surface area (Å²) in [5.74, 6) is -0.0678. The van der Waals surface area contributed by atoms with Crippen molar-refractivity contribution in [1.82, 2.24) is 5.32 Å². The summed E-state index contributed by atoms with van der Waals surface area (Å²) in [6.45, 7) is 14.1. The summed E-state index contributed by atoms with van der Waals surface area (Å²) in [5, 5.41) is 23.6. The lowest BCUT2D eigenvalue weighted by Crippen LogP contribution is -2.70. The lowest BCUT2D eigenvalue weighted by Gasteiger charge is -2.60. The van der Waals surface area contributed by atoms with Crippen LogP contribution in [0.5, 0.6) is 11.5 Å². The summed E-state index contributed by atoms with van der Waals surface area (Å²) in [6.07, 6.45) is 6.11. The monoisotopic (exact) mass is 759 g/mol. The van der Waals surface area contributed by atoms with Gasteiger partial charge in [0.1, 0.15) is 0 Å². The molecule has 302 valence electrons. The molecule has 8 saturated heterocycles. The Labute approximate surface area is 318 Å². The van der Waals surface area contributed by atoms with Gasteiger partial charge in [-0.05, 0) is 107 Å². The molecule has 54 heavy (non-hydrogen) atoms. The predicted octanol–water partition coefficient (Wildman–Crippen LogP) is 6.05. The van der Waals surface area contributed by atoms with Gasteiger partial charge in [-0.15, -0.1) is 0 Å². The molecule has 4 bridgehead atoms. The third kappa shape index (κ3) is 6.15. The normalized spacial score (nSPS) is 49.7. The maximum absolute atomic E-state index is 10.1. The van der Waals surface area contributed by atoms with Gasteiger partial charge in [-0.25, -0.2) is 19.6 Å². The van der Waals surface area contributed by atoms with Gasteiger partial charge in [0, 0.05) is 36.5 Å². The molecule has 8 aliphatic heterocycles. The van der Waals surface area contributed by atoms with Crippen molar-refractivity contribution in [3.05, 3.63) is 23.8 Å². The van der Waals surface area contributed by atoms with Crippen molar-refractivity contribution in [1.29, 1.82) is 0 Å². The Morgan fingerprint density at radius 1 is 0.685 bits per heavy atom. The molecule has 1 aromatic carbocycles. The summed E-state index contributed by atoms with van der Waals surface area (Å²) < 4.78 is 40.1. The number of aromatic hydroxyl groups is 2. The molecule has 0 amide bonds. The van der Waals surface area contributed by atoms with Gasteiger partial charge in [-0.2, -0.15) is 0 Å². The predicted molar refractivity (Wildman–Crippen MR) is 191 cm³/mol. The van der Waals surface area contributed by atoms with Crippen LogP contribution in [0, 0.1) is 47.3 Å². The van der Waals surface area contributed by atoms with Gasteiger partial charge in [0.25, 0.3) is 0 Å². The van der Waals surface area contributed by atoms with Crippen molar-refractivity contribution in [2.45, 2.75) is 153 Å². The van der Waals surface area contributed by atoms with E-state index in [-0.39, 0.29) is 53.0 Å². The highest BCUT2D eigenvalue weighted by Gasteiger charge is 2.71. The quantitative estimate of drug-likeness (QED) is 0.188. The van der Waals surface area contributed by atoms with Gasteiger partial charge in [0.05, 0.1) is 19.3 Å². The summed E-state index contributed by atoms with van der Waals surface area (Å²) in [6, 6.07) is 4.70. The van der Waals surface area contributed by atoms with E-state index in [1.807, 2.05) is 19.9 Å². The van der Waals surface area contributed by atoms with Crippen molar-refractivity contribution in [2.75, 3.05) is 19.8 Å². The fraction of sp³-hybridized carbons (Fsp3) is 0.854. The minimum Gasteiger partial charge on any atom is -0.504 e. The van der Waals surface area contributed by atoms with E-state index in [0.717, 1.165) is 56.9 Å². The zero-order valence-electron chi connectivity index (χ0n) is 32.7. The first-order valence-corrected chi connectivity index (χ1v) is 20.7. The van der Waals surface area contributed by atoms with Crippen molar-refractivity contribution >= 4 is 0 Å². The van der Waals surface area contributed by atoms with Crippen LogP contribution in [0.3, 0.4) is 0 Å². The van der Waals surface area contributed by atoms with Crippen LogP contribution in [0.2, 0.25) is 0 Å². The summed E-state index contributed by atoms with van der Waals surface area (Å²) >= 11 is 0. The topological polar surface area (TPSA) is 145 Å². The van der Waals surface area contributed by atoms with Crippen LogP contribution in [0.25, 0.3) is 0 Å². The molecule has 2 spiro atoms. The minimum absolute atomic E-state index is 0.0402.